The first-order chi connectivity index (χ1) is 4.66. The van der Waals surface area contributed by atoms with Crippen LogP contribution in [0.2, 0.25) is 0 Å². The summed E-state index contributed by atoms with van der Waals surface area (Å²) in [6, 6.07) is -0.256. The monoisotopic (exact) mass is 162 g/mol. The van der Waals surface area contributed by atoms with Crippen LogP contribution in [0.5, 0.6) is 0 Å². The van der Waals surface area contributed by atoms with Crippen molar-refractivity contribution in [1.82, 2.24) is 10.6 Å². The number of alkyl halides is 1. The molecule has 2 N–H and O–H groups in total. The van der Waals surface area contributed by atoms with Crippen LogP contribution >= 0.6 is 11.6 Å². The molecule has 0 aromatic carbocycles. The van der Waals surface area contributed by atoms with Crippen molar-refractivity contribution in [3.8, 4) is 0 Å². The van der Waals surface area contributed by atoms with Gasteiger partial charge in [-0.3, -0.25) is 0 Å². The molecule has 0 saturated heterocycles. The molecule has 0 aromatic heterocycles. The number of amides is 2. The van der Waals surface area contributed by atoms with E-state index in [1.54, 1.807) is 6.92 Å². The van der Waals surface area contributed by atoms with Crippen LogP contribution in [0.4, 0.5) is 4.79 Å². The lowest BCUT2D eigenvalue weighted by Crippen LogP contribution is -2.35. The fourth-order valence-electron chi connectivity index (χ4n) is 0.399. The number of hydrogen-bond donors (Lipinski definition) is 2. The van der Waals surface area contributed by atoms with E-state index >= 15 is 0 Å². The second-order valence-corrected chi connectivity index (χ2v) is 2.23. The fraction of sp³-hybridized carbons (Fsp3) is 0.500. The van der Waals surface area contributed by atoms with Gasteiger partial charge in [0.1, 0.15) is 0 Å². The molecule has 58 valence electrons. The van der Waals surface area contributed by atoms with Crippen molar-refractivity contribution in [2.45, 2.75) is 6.92 Å². The van der Waals surface area contributed by atoms with Gasteiger partial charge in [-0.05, 0) is 6.92 Å². The molecule has 3 nitrogen and oxygen atoms in total. The van der Waals surface area contributed by atoms with Crippen molar-refractivity contribution in [2.75, 3.05) is 12.4 Å². The summed E-state index contributed by atoms with van der Waals surface area (Å²) in [5, 5.41) is 5.00. The van der Waals surface area contributed by atoms with Crippen molar-refractivity contribution in [2.24, 2.45) is 0 Å². The topological polar surface area (TPSA) is 41.1 Å². The molecule has 0 saturated carbocycles. The van der Waals surface area contributed by atoms with Gasteiger partial charge in [0.05, 0.1) is 0 Å². The number of carbonyl (C=O) groups is 1. The van der Waals surface area contributed by atoms with Gasteiger partial charge in [-0.2, -0.15) is 0 Å². The zero-order valence-corrected chi connectivity index (χ0v) is 6.66. The summed E-state index contributed by atoms with van der Waals surface area (Å²) in [5.74, 6) is 0.420. The molecular weight excluding hydrogens is 152 g/mol. The van der Waals surface area contributed by atoms with Crippen molar-refractivity contribution in [3.63, 3.8) is 0 Å². The van der Waals surface area contributed by atoms with Crippen molar-refractivity contribution < 1.29 is 4.79 Å². The Morgan fingerprint density at radius 1 is 1.70 bits per heavy atom. The SMILES string of the molecule is C=C(C)NC(=O)NCCCl. The average Bonchev–Trinajstić information content (AvgIpc) is 1.82. The number of nitrogens with one attached hydrogen (secondary N) is 2. The van der Waals surface area contributed by atoms with Crippen LogP contribution in [0.25, 0.3) is 0 Å². The first-order valence-electron chi connectivity index (χ1n) is 2.93. The molecular formula is C6H11ClN2O. The quantitative estimate of drug-likeness (QED) is 0.599. The van der Waals surface area contributed by atoms with Gasteiger partial charge < -0.3 is 10.6 Å². The number of rotatable bonds is 3. The molecule has 0 aliphatic rings. The summed E-state index contributed by atoms with van der Waals surface area (Å²) in [6.45, 7) is 5.68. The molecule has 4 heteroatoms. The molecule has 0 fully saturated rings. The highest BCUT2D eigenvalue weighted by Gasteiger charge is 1.95. The largest absolute Gasteiger partial charge is 0.337 e. The van der Waals surface area contributed by atoms with Crippen LogP contribution in [0.3, 0.4) is 0 Å². The first-order valence-corrected chi connectivity index (χ1v) is 3.46. The van der Waals surface area contributed by atoms with Gasteiger partial charge in [-0.15, -0.1) is 11.6 Å². The highest BCUT2D eigenvalue weighted by Crippen LogP contribution is 1.77. The van der Waals surface area contributed by atoms with E-state index in [1.807, 2.05) is 0 Å². The van der Waals surface area contributed by atoms with Crippen LogP contribution in [-0.4, -0.2) is 18.5 Å². The fourth-order valence-corrected chi connectivity index (χ4v) is 0.493. The summed E-state index contributed by atoms with van der Waals surface area (Å²) < 4.78 is 0. The van der Waals surface area contributed by atoms with Crippen molar-refractivity contribution in [3.05, 3.63) is 12.3 Å². The minimum absolute atomic E-state index is 0.256. The van der Waals surface area contributed by atoms with E-state index in [0.717, 1.165) is 0 Å². The van der Waals surface area contributed by atoms with Gasteiger partial charge in [0.2, 0.25) is 0 Å². The van der Waals surface area contributed by atoms with Gasteiger partial charge in [-0.1, -0.05) is 6.58 Å². The lowest BCUT2D eigenvalue weighted by molar-refractivity contribution is 0.244. The zero-order chi connectivity index (χ0) is 7.98. The standard InChI is InChI=1S/C6H11ClN2O/c1-5(2)9-6(10)8-4-3-7/h1,3-4H2,2H3,(H2,8,9,10). The summed E-state index contributed by atoms with van der Waals surface area (Å²) in [5.41, 5.74) is 0.618. The molecule has 0 aromatic rings. The Bertz CT molecular complexity index is 136. The maximum absolute atomic E-state index is 10.7. The normalized spacial score (nSPS) is 8.60. The Balaban J connectivity index is 3.35. The van der Waals surface area contributed by atoms with E-state index < -0.39 is 0 Å². The van der Waals surface area contributed by atoms with Crippen molar-refractivity contribution in [1.29, 1.82) is 0 Å². The summed E-state index contributed by atoms with van der Waals surface area (Å²) >= 11 is 5.32. The second kappa shape index (κ2) is 5.11. The Kier molecular flexibility index (Phi) is 4.76. The number of hydrogen-bond acceptors (Lipinski definition) is 1. The molecule has 2 amide bonds. The van der Waals surface area contributed by atoms with Crippen LogP contribution in [-0.2, 0) is 0 Å². The Labute approximate surface area is 65.4 Å². The molecule has 0 unspecified atom stereocenters. The number of carbonyl (C=O) groups excluding carboxylic acids is 1. The van der Waals surface area contributed by atoms with E-state index in [1.165, 1.54) is 0 Å². The third-order valence-corrected chi connectivity index (χ3v) is 0.896. The van der Waals surface area contributed by atoms with Crippen LogP contribution in [0.15, 0.2) is 12.3 Å². The van der Waals surface area contributed by atoms with Gasteiger partial charge in [-0.25, -0.2) is 4.79 Å². The average molecular weight is 163 g/mol. The van der Waals surface area contributed by atoms with Gasteiger partial charge in [0.15, 0.2) is 0 Å². The summed E-state index contributed by atoms with van der Waals surface area (Å²) in [4.78, 5) is 10.7. The molecule has 0 radical (unpaired) electrons. The predicted molar refractivity (Wildman–Crippen MR) is 42.1 cm³/mol. The molecule has 0 rings (SSSR count). The van der Waals surface area contributed by atoms with Crippen LogP contribution in [0, 0.1) is 0 Å². The second-order valence-electron chi connectivity index (χ2n) is 1.85. The minimum Gasteiger partial charge on any atom is -0.337 e. The van der Waals surface area contributed by atoms with E-state index in [9.17, 15) is 4.79 Å². The van der Waals surface area contributed by atoms with E-state index in [-0.39, 0.29) is 6.03 Å². The molecule has 0 heterocycles. The smallest absolute Gasteiger partial charge is 0.318 e. The lowest BCUT2D eigenvalue weighted by Gasteiger charge is -2.03. The molecule has 0 atom stereocenters. The highest BCUT2D eigenvalue weighted by atomic mass is 35.5. The third kappa shape index (κ3) is 5.44. The Morgan fingerprint density at radius 3 is 2.70 bits per heavy atom. The van der Waals surface area contributed by atoms with E-state index in [4.69, 9.17) is 11.6 Å². The van der Waals surface area contributed by atoms with E-state index in [2.05, 4.69) is 17.2 Å². The Morgan fingerprint density at radius 2 is 2.30 bits per heavy atom. The molecule has 0 spiro atoms. The lowest BCUT2D eigenvalue weighted by atomic mass is 10.6. The van der Waals surface area contributed by atoms with E-state index in [0.29, 0.717) is 18.1 Å². The summed E-state index contributed by atoms with van der Waals surface area (Å²) in [6.07, 6.45) is 0. The molecule has 0 bridgehead atoms. The minimum atomic E-state index is -0.256. The third-order valence-electron chi connectivity index (χ3n) is 0.707. The van der Waals surface area contributed by atoms with Gasteiger partial charge in [0, 0.05) is 18.1 Å². The van der Waals surface area contributed by atoms with Gasteiger partial charge in [0.25, 0.3) is 0 Å². The van der Waals surface area contributed by atoms with Crippen LogP contribution in [0.1, 0.15) is 6.92 Å². The van der Waals surface area contributed by atoms with Crippen LogP contribution < -0.4 is 10.6 Å². The Hall–Kier alpha value is -0.700. The number of urea groups is 1. The zero-order valence-electron chi connectivity index (χ0n) is 5.91. The summed E-state index contributed by atoms with van der Waals surface area (Å²) in [7, 11) is 0. The highest BCUT2D eigenvalue weighted by molar-refractivity contribution is 6.18. The molecule has 10 heavy (non-hydrogen) atoms. The molecule has 0 aliphatic heterocycles. The van der Waals surface area contributed by atoms with Gasteiger partial charge >= 0.3 is 6.03 Å². The maximum Gasteiger partial charge on any atom is 0.318 e. The maximum atomic E-state index is 10.7. The van der Waals surface area contributed by atoms with Crippen molar-refractivity contribution >= 4 is 17.6 Å². The first kappa shape index (κ1) is 9.30. The molecule has 0 aliphatic carbocycles. The predicted octanol–water partition coefficient (Wildman–Crippen LogP) is 1.06. The number of allylic oxidation sites excluding steroid dienone is 1. The number of halogens is 1.